The zero-order valence-corrected chi connectivity index (χ0v) is 22.2. The Labute approximate surface area is 234 Å². The molecule has 0 saturated heterocycles. The van der Waals surface area contributed by atoms with Crippen LogP contribution in [0.1, 0.15) is 17.0 Å². The van der Waals surface area contributed by atoms with Gasteiger partial charge in [-0.1, -0.05) is 6.07 Å². The van der Waals surface area contributed by atoms with Crippen molar-refractivity contribution < 1.29 is 39.1 Å². The zero-order chi connectivity index (χ0) is 28.8. The molecule has 1 aliphatic rings. The van der Waals surface area contributed by atoms with E-state index in [4.69, 9.17) is 18.6 Å². The lowest BCUT2D eigenvalue weighted by Gasteiger charge is -2.27. The molecule has 0 bridgehead atoms. The molecule has 1 aliphatic heterocycles. The van der Waals surface area contributed by atoms with E-state index in [1.165, 1.54) is 44.6 Å². The molecule has 0 amide bonds. The first-order chi connectivity index (χ1) is 19.8. The van der Waals surface area contributed by atoms with Gasteiger partial charge >= 0.3 is 0 Å². The number of hydrogen-bond acceptors (Lipinski definition) is 9. The third-order valence-corrected chi connectivity index (χ3v) is 7.34. The van der Waals surface area contributed by atoms with Gasteiger partial charge in [-0.25, -0.2) is 0 Å². The van der Waals surface area contributed by atoms with Crippen molar-refractivity contribution in [2.24, 2.45) is 0 Å². The van der Waals surface area contributed by atoms with Gasteiger partial charge in [-0.15, -0.1) is 0 Å². The number of phenols is 4. The molecule has 4 aromatic carbocycles. The van der Waals surface area contributed by atoms with Gasteiger partial charge in [0.15, 0.2) is 0 Å². The molecule has 0 spiro atoms. The third kappa shape index (κ3) is 4.51. The summed E-state index contributed by atoms with van der Waals surface area (Å²) in [5.41, 5.74) is 1.75. The van der Waals surface area contributed by atoms with E-state index in [1.807, 2.05) is 0 Å². The van der Waals surface area contributed by atoms with Crippen LogP contribution in [0.3, 0.4) is 0 Å². The summed E-state index contributed by atoms with van der Waals surface area (Å²) in [6.07, 6.45) is 0.521. The molecule has 2 heterocycles. The number of benzene rings is 4. The van der Waals surface area contributed by atoms with E-state index in [2.05, 4.69) is 0 Å². The van der Waals surface area contributed by atoms with E-state index in [0.29, 0.717) is 29.0 Å². The molecule has 4 N–H and O–H groups in total. The van der Waals surface area contributed by atoms with Gasteiger partial charge in [-0.3, -0.25) is 4.79 Å². The lowest BCUT2D eigenvalue weighted by atomic mass is 9.87. The van der Waals surface area contributed by atoms with Gasteiger partial charge in [-0.05, 0) is 48.4 Å². The zero-order valence-electron chi connectivity index (χ0n) is 22.2. The van der Waals surface area contributed by atoms with Crippen LogP contribution in [0.5, 0.6) is 40.2 Å². The predicted molar refractivity (Wildman–Crippen MR) is 152 cm³/mol. The second-order valence-electron chi connectivity index (χ2n) is 9.81. The van der Waals surface area contributed by atoms with Crippen LogP contribution < -0.4 is 19.6 Å². The number of ether oxygens (including phenoxy) is 3. The van der Waals surface area contributed by atoms with Crippen molar-refractivity contribution in [3.8, 4) is 62.7 Å². The maximum Gasteiger partial charge on any atom is 0.201 e. The first-order valence-electron chi connectivity index (χ1n) is 12.8. The maximum atomic E-state index is 14.1. The molecular formula is C32H26O9. The van der Waals surface area contributed by atoms with Crippen molar-refractivity contribution in [2.45, 2.75) is 12.3 Å². The fourth-order valence-electron chi connectivity index (χ4n) is 5.28. The summed E-state index contributed by atoms with van der Waals surface area (Å²) >= 11 is 0. The number of hydrogen-bond donors (Lipinski definition) is 4. The van der Waals surface area contributed by atoms with Gasteiger partial charge in [0.25, 0.3) is 0 Å². The number of aromatic hydroxyl groups is 4. The van der Waals surface area contributed by atoms with E-state index >= 15 is 0 Å². The van der Waals surface area contributed by atoms with E-state index < -0.39 is 5.43 Å². The van der Waals surface area contributed by atoms with E-state index in [0.717, 1.165) is 5.56 Å². The maximum absolute atomic E-state index is 14.1. The highest BCUT2D eigenvalue weighted by Gasteiger charge is 2.29. The summed E-state index contributed by atoms with van der Waals surface area (Å²) in [6.45, 7) is 0.230. The van der Waals surface area contributed by atoms with Gasteiger partial charge in [-0.2, -0.15) is 0 Å². The highest BCUT2D eigenvalue weighted by Crippen LogP contribution is 2.46. The Morgan fingerprint density at radius 3 is 2.34 bits per heavy atom. The van der Waals surface area contributed by atoms with Crippen LogP contribution in [0.4, 0.5) is 0 Å². The monoisotopic (exact) mass is 554 g/mol. The lowest BCUT2D eigenvalue weighted by molar-refractivity contribution is 0.258. The van der Waals surface area contributed by atoms with Gasteiger partial charge in [0, 0.05) is 41.3 Å². The second-order valence-corrected chi connectivity index (χ2v) is 9.81. The topological polar surface area (TPSA) is 139 Å². The number of methoxy groups -OCH3 is 2. The summed E-state index contributed by atoms with van der Waals surface area (Å²) in [5, 5.41) is 42.0. The molecule has 5 aromatic rings. The fourth-order valence-corrected chi connectivity index (χ4v) is 5.28. The first-order valence-corrected chi connectivity index (χ1v) is 12.8. The molecule has 0 saturated carbocycles. The van der Waals surface area contributed by atoms with Crippen molar-refractivity contribution in [3.63, 3.8) is 0 Å². The fraction of sp³-hybridized carbons (Fsp3) is 0.156. The van der Waals surface area contributed by atoms with Crippen molar-refractivity contribution in [3.05, 3.63) is 88.1 Å². The van der Waals surface area contributed by atoms with Gasteiger partial charge < -0.3 is 39.1 Å². The number of fused-ring (bicyclic) bond motifs is 2. The molecule has 9 nitrogen and oxygen atoms in total. The summed E-state index contributed by atoms with van der Waals surface area (Å²) in [7, 11) is 2.90. The Balaban J connectivity index is 1.59. The standard InChI is InChI=1S/C32H26O9/c1-38-20-6-8-21(25(35)12-20)32-30(31(37)22-7-5-19(34)11-29(22)41-32)24-13-23(26(36)14-28(24)39-2)17-9-16-3-4-18(33)10-27(16)40-15-17/h3-8,10-14,17,33-36H,9,15H2,1-2H3. The van der Waals surface area contributed by atoms with Crippen LogP contribution in [-0.4, -0.2) is 41.3 Å². The molecule has 0 fully saturated rings. The first kappa shape index (κ1) is 25.9. The van der Waals surface area contributed by atoms with E-state index in [9.17, 15) is 25.2 Å². The smallest absolute Gasteiger partial charge is 0.201 e. The highest BCUT2D eigenvalue weighted by atomic mass is 16.5. The average Bonchev–Trinajstić information content (AvgIpc) is 2.96. The molecule has 9 heteroatoms. The van der Waals surface area contributed by atoms with E-state index in [1.54, 1.807) is 36.4 Å². The normalized spacial score (nSPS) is 14.3. The number of rotatable bonds is 5. The van der Waals surface area contributed by atoms with Crippen molar-refractivity contribution in [1.82, 2.24) is 0 Å². The van der Waals surface area contributed by atoms with Crippen LogP contribution in [0.15, 0.2) is 75.9 Å². The summed E-state index contributed by atoms with van der Waals surface area (Å²) in [4.78, 5) is 14.1. The third-order valence-electron chi connectivity index (χ3n) is 7.34. The Morgan fingerprint density at radius 1 is 0.805 bits per heavy atom. The minimum Gasteiger partial charge on any atom is -0.508 e. The molecule has 1 unspecified atom stereocenters. The Bertz CT molecular complexity index is 1870. The van der Waals surface area contributed by atoms with Crippen molar-refractivity contribution >= 4 is 11.0 Å². The molecule has 1 atom stereocenters. The largest absolute Gasteiger partial charge is 0.508 e. The Hall–Kier alpha value is -5.31. The molecule has 208 valence electrons. The van der Waals surface area contributed by atoms with Crippen molar-refractivity contribution in [1.29, 1.82) is 0 Å². The van der Waals surface area contributed by atoms with Gasteiger partial charge in [0.05, 0.1) is 37.3 Å². The highest BCUT2D eigenvalue weighted by molar-refractivity contribution is 5.92. The SMILES string of the molecule is COc1ccc(-c2oc3cc(O)ccc3c(=O)c2-c2cc(C3COc4cc(O)ccc4C3)c(O)cc2OC)c(O)c1. The summed E-state index contributed by atoms with van der Waals surface area (Å²) < 4.78 is 22.9. The molecule has 0 aliphatic carbocycles. The van der Waals surface area contributed by atoms with Crippen molar-refractivity contribution in [2.75, 3.05) is 20.8 Å². The number of phenolic OH excluding ortho intramolecular Hbond substituents is 4. The average molecular weight is 555 g/mol. The molecule has 6 rings (SSSR count). The minimum atomic E-state index is -0.424. The Morgan fingerprint density at radius 2 is 1.59 bits per heavy atom. The van der Waals surface area contributed by atoms with Gasteiger partial charge in [0.1, 0.15) is 51.6 Å². The van der Waals surface area contributed by atoms with Crippen LogP contribution in [0.2, 0.25) is 0 Å². The minimum absolute atomic E-state index is 0.0367. The van der Waals surface area contributed by atoms with Crippen LogP contribution in [0, 0.1) is 0 Å². The van der Waals surface area contributed by atoms with Crippen LogP contribution in [0.25, 0.3) is 33.4 Å². The Kier molecular flexibility index (Phi) is 6.34. The molecular weight excluding hydrogens is 528 g/mol. The molecule has 41 heavy (non-hydrogen) atoms. The van der Waals surface area contributed by atoms with Crippen LogP contribution >= 0.6 is 0 Å². The summed E-state index contributed by atoms with van der Waals surface area (Å²) in [5.74, 6) is 0.748. The quantitative estimate of drug-likeness (QED) is 0.216. The summed E-state index contributed by atoms with van der Waals surface area (Å²) in [6, 6.07) is 16.8. The molecule has 1 aromatic heterocycles. The molecule has 0 radical (unpaired) electrons. The van der Waals surface area contributed by atoms with Gasteiger partial charge in [0.2, 0.25) is 5.43 Å². The second kappa shape index (κ2) is 10.0. The van der Waals surface area contributed by atoms with E-state index in [-0.39, 0.29) is 69.1 Å². The lowest BCUT2D eigenvalue weighted by Crippen LogP contribution is -2.19. The predicted octanol–water partition coefficient (Wildman–Crippen LogP) is 5.69. The van der Waals surface area contributed by atoms with Crippen LogP contribution in [-0.2, 0) is 6.42 Å².